The monoisotopic (exact) mass is 235 g/mol. The Morgan fingerprint density at radius 1 is 1.38 bits per heavy atom. The van der Waals surface area contributed by atoms with Crippen molar-refractivity contribution in [1.29, 1.82) is 0 Å². The molecule has 1 aromatic carbocycles. The van der Waals surface area contributed by atoms with Gasteiger partial charge >= 0.3 is 7.73 Å². The smallest absolute Gasteiger partial charge is 0.265 e. The van der Waals surface area contributed by atoms with Gasteiger partial charge in [-0.25, -0.2) is 0 Å². The summed E-state index contributed by atoms with van der Waals surface area (Å²) in [5.41, 5.74) is 1.92. The van der Waals surface area contributed by atoms with Gasteiger partial charge in [0.1, 0.15) is 5.52 Å². The van der Waals surface area contributed by atoms with Crippen LogP contribution in [0.1, 0.15) is 12.0 Å². The van der Waals surface area contributed by atoms with Crippen molar-refractivity contribution in [3.8, 4) is 0 Å². The molecule has 2 aromatic rings. The van der Waals surface area contributed by atoms with E-state index in [-0.39, 0.29) is 5.56 Å². The van der Waals surface area contributed by atoms with Crippen LogP contribution in [0.3, 0.4) is 0 Å². The van der Waals surface area contributed by atoms with Crippen molar-refractivity contribution in [2.24, 2.45) is 7.05 Å². The van der Waals surface area contributed by atoms with E-state index in [9.17, 15) is 9.36 Å². The van der Waals surface area contributed by atoms with Crippen LogP contribution in [0.4, 0.5) is 0 Å². The number of rotatable bonds is 0. The zero-order chi connectivity index (χ0) is 11.3. The van der Waals surface area contributed by atoms with Crippen molar-refractivity contribution in [1.82, 2.24) is 8.66 Å². The Morgan fingerprint density at radius 3 is 3.00 bits per heavy atom. The maximum atomic E-state index is 12.1. The Morgan fingerprint density at radius 2 is 2.19 bits per heavy atom. The highest BCUT2D eigenvalue weighted by atomic mass is 31.1. The fourth-order valence-corrected chi connectivity index (χ4v) is 3.69. The summed E-state index contributed by atoms with van der Waals surface area (Å²) in [6, 6.07) is 5.74. The Bertz CT molecular complexity index is 699. The molecule has 5 heteroatoms. The van der Waals surface area contributed by atoms with Crippen LogP contribution in [0, 0.1) is 0 Å². The third-order valence-corrected chi connectivity index (χ3v) is 4.69. The van der Waals surface area contributed by atoms with Crippen molar-refractivity contribution in [2.75, 3.05) is 0 Å². The second-order valence-corrected chi connectivity index (χ2v) is 5.71. The lowest BCUT2D eigenvalue weighted by molar-refractivity contribution is 0.564. The molecule has 1 atom stereocenters. The summed E-state index contributed by atoms with van der Waals surface area (Å²) in [6.45, 7) is 0.775. The molecule has 2 heterocycles. The highest BCUT2D eigenvalue weighted by Crippen LogP contribution is 2.27. The minimum atomic E-state index is -1.74. The number of hydrogen-bond donors (Lipinski definition) is 0. The lowest BCUT2D eigenvalue weighted by Gasteiger charge is -2.13. The van der Waals surface area contributed by atoms with Crippen LogP contribution in [0.25, 0.3) is 10.9 Å². The predicted octanol–water partition coefficient (Wildman–Crippen LogP) is 2.03. The van der Waals surface area contributed by atoms with E-state index in [0.29, 0.717) is 5.39 Å². The normalized spacial score (nSPS) is 15.4. The zero-order valence-corrected chi connectivity index (χ0v) is 9.91. The molecule has 1 aromatic heterocycles. The van der Waals surface area contributed by atoms with E-state index in [0.717, 1.165) is 30.5 Å². The highest BCUT2D eigenvalue weighted by molar-refractivity contribution is 7.28. The topological polar surface area (TPSA) is 44.0 Å². The molecule has 1 aliphatic rings. The number of hydrogen-bond acceptors (Lipinski definition) is 2. The average molecular weight is 235 g/mol. The van der Waals surface area contributed by atoms with Crippen molar-refractivity contribution in [3.63, 3.8) is 0 Å². The van der Waals surface area contributed by atoms with Crippen molar-refractivity contribution in [3.05, 3.63) is 34.1 Å². The largest absolute Gasteiger partial charge is 0.598 e. The standard InChI is InChI=1S/C11H12N2O2P/c1-12-11(14)9-6-2-4-8-5-3-7-13(10(8)9)16(12)15/h2,4,6H,3,5,7H2,1H3/q+1. The van der Waals surface area contributed by atoms with Crippen LogP contribution >= 0.6 is 7.73 Å². The second-order valence-electron chi connectivity index (χ2n) is 4.12. The number of nitrogens with zero attached hydrogens (tertiary/aromatic N) is 2. The minimum Gasteiger partial charge on any atom is -0.265 e. The number of para-hydroxylation sites is 1. The van der Waals surface area contributed by atoms with Crippen LogP contribution in [-0.4, -0.2) is 8.66 Å². The van der Waals surface area contributed by atoms with E-state index < -0.39 is 7.73 Å². The first-order valence-corrected chi connectivity index (χ1v) is 6.51. The van der Waals surface area contributed by atoms with Gasteiger partial charge in [0.05, 0.1) is 19.0 Å². The molecule has 0 bridgehead atoms. The highest BCUT2D eigenvalue weighted by Gasteiger charge is 2.24. The summed E-state index contributed by atoms with van der Waals surface area (Å²) in [7, 11) is -0.138. The zero-order valence-electron chi connectivity index (χ0n) is 9.01. The molecular formula is C11H12N2O2P+. The van der Waals surface area contributed by atoms with Crippen LogP contribution < -0.4 is 5.56 Å². The van der Waals surface area contributed by atoms with Gasteiger partial charge in [0.15, 0.2) is 0 Å². The van der Waals surface area contributed by atoms with Crippen LogP contribution in [0.5, 0.6) is 0 Å². The Hall–Kier alpha value is -1.41. The molecule has 0 N–H and O–H groups in total. The first kappa shape index (κ1) is 9.79. The molecule has 0 saturated carbocycles. The average Bonchev–Trinajstić information content (AvgIpc) is 2.33. The minimum absolute atomic E-state index is 0.129. The molecule has 0 fully saturated rings. The van der Waals surface area contributed by atoms with Gasteiger partial charge in [-0.3, -0.25) is 4.79 Å². The van der Waals surface area contributed by atoms with Crippen LogP contribution in [0.15, 0.2) is 23.0 Å². The second kappa shape index (κ2) is 3.29. The quantitative estimate of drug-likeness (QED) is 0.701. The molecule has 1 unspecified atom stereocenters. The van der Waals surface area contributed by atoms with E-state index in [4.69, 9.17) is 0 Å². The Balaban J connectivity index is 2.67. The molecule has 4 nitrogen and oxygen atoms in total. The van der Waals surface area contributed by atoms with Crippen molar-refractivity contribution >= 4 is 18.6 Å². The third kappa shape index (κ3) is 1.14. The lowest BCUT2D eigenvalue weighted by Crippen LogP contribution is -2.20. The van der Waals surface area contributed by atoms with Gasteiger partial charge in [-0.2, -0.15) is 0 Å². The molecule has 3 rings (SSSR count). The van der Waals surface area contributed by atoms with Gasteiger partial charge in [-0.15, -0.1) is 8.66 Å². The van der Waals surface area contributed by atoms with E-state index in [2.05, 4.69) is 0 Å². The number of aryl methyl sites for hydroxylation is 2. The molecule has 0 radical (unpaired) electrons. The summed E-state index contributed by atoms with van der Waals surface area (Å²) in [4.78, 5) is 12.0. The lowest BCUT2D eigenvalue weighted by atomic mass is 10.0. The molecule has 82 valence electrons. The van der Waals surface area contributed by atoms with Gasteiger partial charge in [-0.05, 0) is 29.0 Å². The molecule has 1 aliphatic heterocycles. The van der Waals surface area contributed by atoms with Gasteiger partial charge in [0.25, 0.3) is 5.56 Å². The number of benzene rings is 1. The van der Waals surface area contributed by atoms with Crippen molar-refractivity contribution in [2.45, 2.75) is 19.4 Å². The van der Waals surface area contributed by atoms with Gasteiger partial charge < -0.3 is 0 Å². The SMILES string of the molecule is Cn1c(=O)c2cccc3c2n([p+]1=O)CCC3. The van der Waals surface area contributed by atoms with E-state index >= 15 is 0 Å². The van der Waals surface area contributed by atoms with Gasteiger partial charge in [0.2, 0.25) is 0 Å². The predicted molar refractivity (Wildman–Crippen MR) is 63.1 cm³/mol. The summed E-state index contributed by atoms with van der Waals surface area (Å²) in [6.07, 6.45) is 1.97. The number of aromatic nitrogens is 2. The van der Waals surface area contributed by atoms with Crippen LogP contribution in [0.2, 0.25) is 0 Å². The maximum Gasteiger partial charge on any atom is 0.598 e. The summed E-state index contributed by atoms with van der Waals surface area (Å²) < 4.78 is 15.3. The molecule has 0 aliphatic carbocycles. The fraction of sp³-hybridized carbons (Fsp3) is 0.364. The summed E-state index contributed by atoms with van der Waals surface area (Å²) in [5, 5.41) is 0.689. The van der Waals surface area contributed by atoms with Gasteiger partial charge in [0, 0.05) is 0 Å². The Labute approximate surface area is 93.0 Å². The molecule has 0 amide bonds. The summed E-state index contributed by atoms with van der Waals surface area (Å²) in [5.74, 6) is 0. The third-order valence-electron chi connectivity index (χ3n) is 3.18. The van der Waals surface area contributed by atoms with Gasteiger partial charge in [-0.1, -0.05) is 12.1 Å². The molecular weight excluding hydrogens is 223 g/mol. The van der Waals surface area contributed by atoms with E-state index in [1.54, 1.807) is 7.05 Å². The molecule has 0 saturated heterocycles. The van der Waals surface area contributed by atoms with Crippen molar-refractivity contribution < 1.29 is 4.57 Å². The molecule has 0 spiro atoms. The van der Waals surface area contributed by atoms with Crippen LogP contribution in [-0.2, 0) is 24.6 Å². The summed E-state index contributed by atoms with van der Waals surface area (Å²) >= 11 is 0. The maximum absolute atomic E-state index is 12.1. The first-order chi connectivity index (χ1) is 7.70. The van der Waals surface area contributed by atoms with E-state index in [1.807, 2.05) is 22.5 Å². The first-order valence-electron chi connectivity index (χ1n) is 5.34. The molecule has 16 heavy (non-hydrogen) atoms. The Kier molecular flexibility index (Phi) is 2.01. The van der Waals surface area contributed by atoms with E-state index in [1.165, 1.54) is 4.33 Å². The fourth-order valence-electron chi connectivity index (χ4n) is 2.39.